The highest BCUT2D eigenvalue weighted by atomic mass is 32.1. The Morgan fingerprint density at radius 1 is 0.594 bits per heavy atom. The molecule has 0 saturated carbocycles. The van der Waals surface area contributed by atoms with Crippen molar-refractivity contribution in [3.05, 3.63) is 0 Å². The third-order valence-electron chi connectivity index (χ3n) is 10.4. The van der Waals surface area contributed by atoms with Crippen LogP contribution >= 0.6 is 20.5 Å². The quantitative estimate of drug-likeness (QED) is 0.0130. The van der Waals surface area contributed by atoms with Crippen molar-refractivity contribution in [2.45, 2.75) is 200 Å². The van der Waals surface area contributed by atoms with E-state index in [1.807, 2.05) is 0 Å². The van der Waals surface area contributed by atoms with Gasteiger partial charge in [0.2, 0.25) is 5.91 Å². The first-order valence-electron chi connectivity index (χ1n) is 24.9. The molecular formula is C47H90N2O13PS-. The summed E-state index contributed by atoms with van der Waals surface area (Å²) in [6, 6.07) is 0. The third kappa shape index (κ3) is 46.7. The van der Waals surface area contributed by atoms with Crippen molar-refractivity contribution in [3.63, 3.8) is 0 Å². The molecule has 0 fully saturated rings. The van der Waals surface area contributed by atoms with Gasteiger partial charge in [-0.25, -0.2) is 4.57 Å². The predicted molar refractivity (Wildman–Crippen MR) is 255 cm³/mol. The molecule has 0 aromatic carbocycles. The molecule has 0 saturated heterocycles. The van der Waals surface area contributed by atoms with Gasteiger partial charge in [-0.1, -0.05) is 168 Å². The van der Waals surface area contributed by atoms with E-state index >= 15 is 0 Å². The van der Waals surface area contributed by atoms with E-state index in [2.05, 4.69) is 36.8 Å². The first-order valence-corrected chi connectivity index (χ1v) is 27.0. The molecule has 2 N–H and O–H groups in total. The van der Waals surface area contributed by atoms with Crippen LogP contribution in [-0.4, -0.2) is 113 Å². The molecule has 0 aliphatic heterocycles. The fraction of sp³-hybridized carbons (Fsp3) is 0.915. The maximum Gasteiger partial charge on any atom is 0.472 e. The normalized spacial score (nSPS) is 13.2. The van der Waals surface area contributed by atoms with Crippen molar-refractivity contribution >= 4 is 44.2 Å². The van der Waals surface area contributed by atoms with E-state index in [9.17, 15) is 28.9 Å². The minimum absolute atomic E-state index is 0.0719. The molecule has 0 heterocycles. The number of hydrogen-bond donors (Lipinski definition) is 3. The Morgan fingerprint density at radius 2 is 1.03 bits per heavy atom. The summed E-state index contributed by atoms with van der Waals surface area (Å²) in [7, 11) is -4.63. The zero-order chi connectivity index (χ0) is 47.0. The number of phosphoric ester groups is 1. The third-order valence-corrected chi connectivity index (χ3v) is 11.6. The summed E-state index contributed by atoms with van der Waals surface area (Å²) in [5.74, 6) is -1.21. The zero-order valence-electron chi connectivity index (χ0n) is 40.0. The Morgan fingerprint density at radius 3 is 1.52 bits per heavy atom. The number of unbranched alkanes of at least 4 members (excludes halogenated alkanes) is 24. The maximum atomic E-state index is 12.8. The van der Waals surface area contributed by atoms with Gasteiger partial charge in [-0.3, -0.25) is 23.4 Å². The van der Waals surface area contributed by atoms with E-state index in [0.29, 0.717) is 25.1 Å². The molecule has 64 heavy (non-hydrogen) atoms. The molecule has 0 spiro atoms. The zero-order valence-corrected chi connectivity index (χ0v) is 41.8. The molecule has 1 unspecified atom stereocenters. The van der Waals surface area contributed by atoms with E-state index < -0.39 is 45.0 Å². The average molecular weight is 954 g/mol. The lowest BCUT2D eigenvalue weighted by molar-refractivity contribution is -0.223. The highest BCUT2D eigenvalue weighted by Crippen LogP contribution is 2.43. The summed E-state index contributed by atoms with van der Waals surface area (Å²) in [5.41, 5.74) is 0. The lowest BCUT2D eigenvalue weighted by atomic mass is 10.0. The number of carbonyl (C=O) groups excluding carboxylic acids is 3. The lowest BCUT2D eigenvalue weighted by Gasteiger charge is -2.20. The Balaban J connectivity index is 4.56. The van der Waals surface area contributed by atoms with Crippen LogP contribution in [0.15, 0.2) is 4.99 Å². The molecule has 17 heteroatoms. The Bertz CT molecular complexity index is 1170. The molecular weight excluding hydrogens is 864 g/mol. The molecule has 1 amide bonds. The van der Waals surface area contributed by atoms with E-state index in [-0.39, 0.29) is 71.5 Å². The number of hydrogen-bond acceptors (Lipinski definition) is 14. The van der Waals surface area contributed by atoms with Gasteiger partial charge in [-0.05, 0) is 18.7 Å². The average Bonchev–Trinajstić information content (AvgIpc) is 3.27. The van der Waals surface area contributed by atoms with Gasteiger partial charge in [-0.2, -0.15) is 12.6 Å². The van der Waals surface area contributed by atoms with Gasteiger partial charge < -0.3 is 44.0 Å². The maximum absolute atomic E-state index is 12.8. The van der Waals surface area contributed by atoms with Crippen molar-refractivity contribution in [1.82, 2.24) is 5.32 Å². The van der Waals surface area contributed by atoms with E-state index in [4.69, 9.17) is 32.7 Å². The number of nitrogens with one attached hydrogen (secondary N) is 1. The molecule has 15 nitrogen and oxygen atoms in total. The molecule has 2 atom stereocenters. The summed E-state index contributed by atoms with van der Waals surface area (Å²) in [4.78, 5) is 50.8. The van der Waals surface area contributed by atoms with Crippen LogP contribution in [0.3, 0.4) is 0 Å². The van der Waals surface area contributed by atoms with Crippen LogP contribution in [0.1, 0.15) is 194 Å². The van der Waals surface area contributed by atoms with Crippen molar-refractivity contribution < 1.29 is 61.7 Å². The van der Waals surface area contributed by atoms with Crippen LogP contribution in [0.25, 0.3) is 0 Å². The van der Waals surface area contributed by atoms with Gasteiger partial charge >= 0.3 is 19.8 Å². The number of ether oxygens (including phenoxy) is 5. The molecule has 378 valence electrons. The van der Waals surface area contributed by atoms with Crippen molar-refractivity contribution in [2.75, 3.05) is 78.3 Å². The molecule has 0 radical (unpaired) electrons. The molecule has 0 aliphatic rings. The number of rotatable bonds is 50. The first kappa shape index (κ1) is 62.2. The summed E-state index contributed by atoms with van der Waals surface area (Å²) < 4.78 is 49.4. The number of thiol groups is 1. The van der Waals surface area contributed by atoms with Crippen LogP contribution in [-0.2, 0) is 51.7 Å². The van der Waals surface area contributed by atoms with Gasteiger partial charge in [0.25, 0.3) is 0 Å². The summed E-state index contributed by atoms with van der Waals surface area (Å²) >= 11 is 4.01. The van der Waals surface area contributed by atoms with Gasteiger partial charge in [0.05, 0.1) is 52.8 Å². The number of amides is 1. The topological polar surface area (TPSA) is 201 Å². The van der Waals surface area contributed by atoms with Gasteiger partial charge in [0.1, 0.15) is 13.2 Å². The summed E-state index contributed by atoms with van der Waals surface area (Å²) in [6.07, 6.45) is 30.2. The Kier molecular flexibility index (Phi) is 46.4. The standard InChI is InChI=1S/C47H91N2O13PS/c1-3-5-7-9-11-13-15-17-19-21-23-25-27-29-46(52)59-39-43(62-47(53)30-28-26-24-22-20-18-16-14-12-10-8-6-4-2)40-61-63(54,55)60-33-31-48-44(50)41-57-36-34-56-35-37-58-42-45(51)49-32-38-64/h43,64H,3-42H2,1-2H3,(H,48,50)(H,49,51)(H,54,55)/p-1/t43-/m1/s1. The van der Waals surface area contributed by atoms with E-state index in [1.54, 1.807) is 0 Å². The minimum atomic E-state index is -4.63. The first-order chi connectivity index (χ1) is 31.1. The fourth-order valence-corrected chi connectivity index (χ4v) is 7.54. The van der Waals surface area contributed by atoms with Gasteiger partial charge in [0.15, 0.2) is 6.10 Å². The van der Waals surface area contributed by atoms with Crippen LogP contribution < -0.4 is 10.4 Å². The smallest absolute Gasteiger partial charge is 0.472 e. The van der Waals surface area contributed by atoms with Gasteiger partial charge in [0, 0.05) is 25.1 Å². The second-order valence-electron chi connectivity index (χ2n) is 16.4. The van der Waals surface area contributed by atoms with Crippen LogP contribution in [0.4, 0.5) is 0 Å². The second-order valence-corrected chi connectivity index (χ2v) is 18.3. The number of carbonyl (C=O) groups is 3. The molecule has 0 aromatic heterocycles. The number of nitrogens with zero attached hydrogens (tertiary/aromatic N) is 1. The van der Waals surface area contributed by atoms with Crippen LogP contribution in [0, 0.1) is 0 Å². The highest BCUT2D eigenvalue weighted by molar-refractivity contribution is 7.80. The van der Waals surface area contributed by atoms with Crippen molar-refractivity contribution in [2.24, 2.45) is 4.99 Å². The molecule has 0 rings (SSSR count). The lowest BCUT2D eigenvalue weighted by Crippen LogP contribution is -2.29. The molecule has 0 bridgehead atoms. The number of esters is 2. The number of aliphatic imine (C=N–C) groups is 1. The van der Waals surface area contributed by atoms with E-state index in [1.165, 1.54) is 116 Å². The molecule has 0 aliphatic carbocycles. The van der Waals surface area contributed by atoms with Crippen molar-refractivity contribution in [3.8, 4) is 0 Å². The van der Waals surface area contributed by atoms with Crippen molar-refractivity contribution in [1.29, 1.82) is 0 Å². The minimum Gasteiger partial charge on any atom is -0.860 e. The summed E-state index contributed by atoms with van der Waals surface area (Å²) in [5, 5.41) is 14.7. The predicted octanol–water partition coefficient (Wildman–Crippen LogP) is 9.39. The molecule has 0 aromatic rings. The number of phosphoric acid groups is 1. The largest absolute Gasteiger partial charge is 0.860 e. The highest BCUT2D eigenvalue weighted by Gasteiger charge is 2.26. The summed E-state index contributed by atoms with van der Waals surface area (Å²) in [6.45, 7) is 3.87. The Labute approximate surface area is 393 Å². The Hall–Kier alpha value is -1.78. The monoisotopic (exact) mass is 954 g/mol. The van der Waals surface area contributed by atoms with Crippen LogP contribution in [0.2, 0.25) is 0 Å². The van der Waals surface area contributed by atoms with E-state index in [0.717, 1.165) is 38.5 Å². The SMILES string of the molecule is CCCCCCCCCCCCCCCC(=O)OC[C@H](COP(=O)(O)OCCN=C([O-])COCCOCCOCC(=O)NCCS)OC(=O)CCCCCCCCCCCCCCC. The van der Waals surface area contributed by atoms with Crippen LogP contribution in [0.5, 0.6) is 0 Å². The second kappa shape index (κ2) is 47.7. The van der Waals surface area contributed by atoms with Gasteiger partial charge in [-0.15, -0.1) is 0 Å². The fourth-order valence-electron chi connectivity index (χ4n) is 6.69.